The molecule has 0 aromatic rings. The number of halogens is 3. The maximum Gasteiger partial charge on any atom is 0.490 e. The molecule has 0 saturated carbocycles. The maximum absolute atomic E-state index is 12.0. The van der Waals surface area contributed by atoms with Crippen LogP contribution in [0.5, 0.6) is 0 Å². The number of alkyl halides is 3. The van der Waals surface area contributed by atoms with Gasteiger partial charge in [0, 0.05) is 25.6 Å². The Hall–Kier alpha value is -1.50. The first-order chi connectivity index (χ1) is 13.1. The van der Waals surface area contributed by atoms with Gasteiger partial charge < -0.3 is 31.1 Å². The summed E-state index contributed by atoms with van der Waals surface area (Å²) in [7, 11) is -5.42. The number of nitrogens with two attached hydrogens (primary N) is 1. The van der Waals surface area contributed by atoms with E-state index in [-0.39, 0.29) is 39.0 Å². The van der Waals surface area contributed by atoms with Gasteiger partial charge in [0.25, 0.3) is 10.2 Å². The lowest BCUT2D eigenvalue weighted by atomic mass is 9.78. The van der Waals surface area contributed by atoms with Crippen LogP contribution in [0.25, 0.3) is 0 Å². The molecule has 29 heavy (non-hydrogen) atoms. The van der Waals surface area contributed by atoms with Crippen molar-refractivity contribution in [3.8, 4) is 0 Å². The molecule has 0 aromatic carbocycles. The zero-order valence-electron chi connectivity index (χ0n) is 15.0. The van der Waals surface area contributed by atoms with Crippen LogP contribution in [-0.4, -0.2) is 95.1 Å². The second-order valence-electron chi connectivity index (χ2n) is 6.17. The monoisotopic (exact) mass is 453 g/mol. The summed E-state index contributed by atoms with van der Waals surface area (Å²) in [6.07, 6.45) is -4.46. The van der Waals surface area contributed by atoms with Crippen LogP contribution in [0.15, 0.2) is 0 Å². The van der Waals surface area contributed by atoms with E-state index in [0.717, 1.165) is 4.31 Å². The number of nitrogens with zero attached hydrogens (tertiary/aromatic N) is 1. The molecular weight excluding hydrogens is 430 g/mol. The number of carbonyl (C=O) groups is 2. The topological polar surface area (TPSA) is 211 Å². The number of hydrogen-bond acceptors (Lipinski definition) is 8. The van der Waals surface area contributed by atoms with E-state index >= 15 is 0 Å². The average molecular weight is 453 g/mol. The largest absolute Gasteiger partial charge is 0.490 e. The van der Waals surface area contributed by atoms with Gasteiger partial charge in [0.2, 0.25) is 0 Å². The molecule has 12 nitrogen and oxygen atoms in total. The van der Waals surface area contributed by atoms with Crippen molar-refractivity contribution < 1.29 is 56.5 Å². The van der Waals surface area contributed by atoms with Crippen LogP contribution in [-0.2, 0) is 19.8 Å². The Bertz CT molecular complexity index is 665. The summed E-state index contributed by atoms with van der Waals surface area (Å²) in [4.78, 5) is 20.3. The second kappa shape index (κ2) is 11.0. The number of carboxylic acid groups (broad SMARTS) is 2. The van der Waals surface area contributed by atoms with Gasteiger partial charge in [-0.25, -0.2) is 4.79 Å². The molecule has 0 aliphatic carbocycles. The maximum atomic E-state index is 12.0. The van der Waals surface area contributed by atoms with Crippen molar-refractivity contribution in [3.05, 3.63) is 0 Å². The summed E-state index contributed by atoms with van der Waals surface area (Å²) < 4.78 is 58.8. The molecule has 8 N–H and O–H groups in total. The molecular formula is C12H23BF3N3O9S. The number of carboxylic acids is 2. The number of aliphatic carboxylic acids is 2. The number of hydrogen-bond donors (Lipinski definition) is 7. The Morgan fingerprint density at radius 3 is 2.17 bits per heavy atom. The fraction of sp³-hybridized carbons (Fsp3) is 0.833. The zero-order chi connectivity index (χ0) is 23.0. The van der Waals surface area contributed by atoms with Gasteiger partial charge in [0.1, 0.15) is 5.54 Å². The van der Waals surface area contributed by atoms with E-state index in [0.29, 0.717) is 6.42 Å². The van der Waals surface area contributed by atoms with Crippen LogP contribution in [0.1, 0.15) is 12.8 Å². The first kappa shape index (κ1) is 27.5. The molecule has 1 rings (SSSR count). The molecule has 0 amide bonds. The Morgan fingerprint density at radius 2 is 1.79 bits per heavy atom. The fourth-order valence-electron chi connectivity index (χ4n) is 2.48. The van der Waals surface area contributed by atoms with E-state index in [9.17, 15) is 31.5 Å². The molecule has 0 spiro atoms. The van der Waals surface area contributed by atoms with E-state index in [1.165, 1.54) is 0 Å². The lowest BCUT2D eigenvalue weighted by molar-refractivity contribution is -0.192. The molecule has 1 heterocycles. The van der Waals surface area contributed by atoms with Gasteiger partial charge in [-0.3, -0.25) is 4.79 Å². The van der Waals surface area contributed by atoms with Gasteiger partial charge in [-0.15, -0.1) is 0 Å². The van der Waals surface area contributed by atoms with Gasteiger partial charge in [0.15, 0.2) is 0 Å². The molecule has 1 fully saturated rings. The fourth-order valence-corrected chi connectivity index (χ4v) is 3.77. The molecule has 1 saturated heterocycles. The number of rotatable bonds is 9. The second-order valence-corrected chi connectivity index (χ2v) is 7.93. The van der Waals surface area contributed by atoms with E-state index in [1.807, 2.05) is 0 Å². The van der Waals surface area contributed by atoms with Crippen LogP contribution in [0, 0.1) is 5.92 Å². The third-order valence-corrected chi connectivity index (χ3v) is 5.51. The summed E-state index contributed by atoms with van der Waals surface area (Å²) in [5.74, 6) is -4.70. The highest BCUT2D eigenvalue weighted by Crippen LogP contribution is 2.31. The SMILES string of the molecule is N[C@@]1(C(=O)O)CN(S(=O)(=O)NCCO)C[C@@H]1CCCB(O)O.O=C(O)C(F)(F)F. The number of aliphatic hydroxyl groups is 1. The summed E-state index contributed by atoms with van der Waals surface area (Å²) in [6, 6.07) is 0. The van der Waals surface area contributed by atoms with Crippen LogP contribution >= 0.6 is 0 Å². The van der Waals surface area contributed by atoms with Crippen LogP contribution in [0.3, 0.4) is 0 Å². The predicted octanol–water partition coefficient (Wildman–Crippen LogP) is -2.59. The normalized spacial score (nSPS) is 22.7. The van der Waals surface area contributed by atoms with Crippen molar-refractivity contribution in [1.82, 2.24) is 9.03 Å². The lowest BCUT2D eigenvalue weighted by Crippen LogP contribution is -2.55. The van der Waals surface area contributed by atoms with Crippen molar-refractivity contribution >= 4 is 29.3 Å². The summed E-state index contributed by atoms with van der Waals surface area (Å²) in [5, 5.41) is 42.7. The summed E-state index contributed by atoms with van der Waals surface area (Å²) >= 11 is 0. The summed E-state index contributed by atoms with van der Waals surface area (Å²) in [5.41, 5.74) is 4.14. The number of nitrogens with one attached hydrogen (secondary N) is 1. The molecule has 1 aliphatic rings. The Balaban J connectivity index is 0.000000956. The first-order valence-electron chi connectivity index (χ1n) is 8.12. The summed E-state index contributed by atoms with van der Waals surface area (Å²) in [6.45, 7) is -1.01. The lowest BCUT2D eigenvalue weighted by Gasteiger charge is -2.25. The molecule has 0 aromatic heterocycles. The van der Waals surface area contributed by atoms with Crippen molar-refractivity contribution in [1.29, 1.82) is 0 Å². The molecule has 2 atom stereocenters. The van der Waals surface area contributed by atoms with E-state index < -0.39 is 46.9 Å². The van der Waals surface area contributed by atoms with Gasteiger partial charge in [-0.2, -0.15) is 30.6 Å². The number of aliphatic hydroxyl groups excluding tert-OH is 1. The van der Waals surface area contributed by atoms with Crippen molar-refractivity contribution in [2.75, 3.05) is 26.2 Å². The van der Waals surface area contributed by atoms with Gasteiger partial charge in [-0.1, -0.05) is 6.42 Å². The third kappa shape index (κ3) is 8.81. The molecule has 170 valence electrons. The highest BCUT2D eigenvalue weighted by molar-refractivity contribution is 7.87. The zero-order valence-corrected chi connectivity index (χ0v) is 15.9. The minimum Gasteiger partial charge on any atom is -0.480 e. The molecule has 0 radical (unpaired) electrons. The highest BCUT2D eigenvalue weighted by Gasteiger charge is 2.52. The van der Waals surface area contributed by atoms with Gasteiger partial charge >= 0.3 is 25.2 Å². The van der Waals surface area contributed by atoms with E-state index in [2.05, 4.69) is 4.72 Å². The average Bonchev–Trinajstić information content (AvgIpc) is 2.92. The van der Waals surface area contributed by atoms with E-state index in [4.69, 9.17) is 30.8 Å². The quantitative estimate of drug-likeness (QED) is 0.181. The Kier molecular flexibility index (Phi) is 10.5. The van der Waals surface area contributed by atoms with Crippen molar-refractivity contribution in [2.45, 2.75) is 30.9 Å². The van der Waals surface area contributed by atoms with Gasteiger partial charge in [0.05, 0.1) is 6.61 Å². The first-order valence-corrected chi connectivity index (χ1v) is 9.56. The molecule has 17 heteroatoms. The molecule has 0 bridgehead atoms. The van der Waals surface area contributed by atoms with Crippen LogP contribution in [0.2, 0.25) is 6.32 Å². The molecule has 1 aliphatic heterocycles. The molecule has 0 unspecified atom stereocenters. The van der Waals surface area contributed by atoms with Gasteiger partial charge in [-0.05, 0) is 12.7 Å². The Labute approximate surface area is 164 Å². The highest BCUT2D eigenvalue weighted by atomic mass is 32.2. The van der Waals surface area contributed by atoms with Crippen molar-refractivity contribution in [3.63, 3.8) is 0 Å². The Morgan fingerprint density at radius 1 is 1.28 bits per heavy atom. The van der Waals surface area contributed by atoms with Crippen LogP contribution < -0.4 is 10.5 Å². The van der Waals surface area contributed by atoms with Crippen LogP contribution in [0.4, 0.5) is 13.2 Å². The van der Waals surface area contributed by atoms with Crippen molar-refractivity contribution in [2.24, 2.45) is 11.7 Å². The minimum absolute atomic E-state index is 0.0573. The van der Waals surface area contributed by atoms with E-state index in [1.54, 1.807) is 0 Å². The smallest absolute Gasteiger partial charge is 0.480 e. The minimum atomic E-state index is -5.08. The third-order valence-electron chi connectivity index (χ3n) is 3.98. The predicted molar refractivity (Wildman–Crippen MR) is 91.5 cm³/mol. The standard InChI is InChI=1S/C10H22BN3O7S.C2HF3O2/c12-10(9(16)17)7-14(22(20,21)13-4-5-15)6-8(10)2-1-3-11(18)19;3-2(4,5)1(6)7/h8,13,15,18-19H,1-7,12H2,(H,16,17);(H,6,7)/t8-,10-;/m0./s1.